The average molecular weight is 323 g/mol. The smallest absolute Gasteiger partial charge is 0.277 e. The van der Waals surface area contributed by atoms with Gasteiger partial charge in [-0.2, -0.15) is 0 Å². The molecule has 122 valence electrons. The number of nitrogens with zero attached hydrogens (tertiary/aromatic N) is 3. The zero-order chi connectivity index (χ0) is 16.7. The Morgan fingerprint density at radius 2 is 2.12 bits per heavy atom. The van der Waals surface area contributed by atoms with E-state index in [-0.39, 0.29) is 5.56 Å². The Hall–Kier alpha value is -2.93. The standard InChI is InChI=1S/C17H17N5O2/c1-10-2-3-14-12(6-10)13-9-22(5-4-15(13)20-14)17-18-7-11(8-19-17)16(23)21-24/h2-3,6-8,20,24H,4-5,9H2,1H3,(H,21,23). The number of anilines is 1. The van der Waals surface area contributed by atoms with Crippen molar-refractivity contribution >= 4 is 22.8 Å². The zero-order valence-corrected chi connectivity index (χ0v) is 13.2. The number of carbonyl (C=O) groups is 1. The monoisotopic (exact) mass is 323 g/mol. The van der Waals surface area contributed by atoms with Crippen molar-refractivity contribution in [2.75, 3.05) is 11.4 Å². The van der Waals surface area contributed by atoms with Crippen LogP contribution in [0.1, 0.15) is 27.2 Å². The van der Waals surface area contributed by atoms with Crippen molar-refractivity contribution in [3.8, 4) is 0 Å². The highest BCUT2D eigenvalue weighted by molar-refractivity contribution is 5.92. The van der Waals surface area contributed by atoms with Crippen molar-refractivity contribution in [3.63, 3.8) is 0 Å². The number of benzene rings is 1. The van der Waals surface area contributed by atoms with E-state index in [4.69, 9.17) is 5.21 Å². The van der Waals surface area contributed by atoms with E-state index in [1.165, 1.54) is 34.6 Å². The minimum Gasteiger partial charge on any atom is -0.358 e. The fraction of sp³-hybridized carbons (Fsp3) is 0.235. The summed E-state index contributed by atoms with van der Waals surface area (Å²) >= 11 is 0. The summed E-state index contributed by atoms with van der Waals surface area (Å²) < 4.78 is 0. The number of H-pyrrole nitrogens is 1. The summed E-state index contributed by atoms with van der Waals surface area (Å²) in [5.41, 5.74) is 6.74. The van der Waals surface area contributed by atoms with Crippen LogP contribution < -0.4 is 10.4 Å². The SMILES string of the molecule is Cc1ccc2[nH]c3c(c2c1)CN(c1ncc(C(=O)NO)cn1)CC3. The van der Waals surface area contributed by atoms with E-state index in [9.17, 15) is 4.79 Å². The van der Waals surface area contributed by atoms with E-state index in [0.29, 0.717) is 5.95 Å². The second-order valence-electron chi connectivity index (χ2n) is 6.02. The van der Waals surface area contributed by atoms with Gasteiger partial charge in [0.25, 0.3) is 5.91 Å². The third kappa shape index (κ3) is 2.39. The van der Waals surface area contributed by atoms with E-state index in [0.717, 1.165) is 25.0 Å². The molecule has 2 aromatic heterocycles. The van der Waals surface area contributed by atoms with Crippen LogP contribution in [0.5, 0.6) is 0 Å². The number of nitrogens with one attached hydrogen (secondary N) is 2. The zero-order valence-electron chi connectivity index (χ0n) is 13.2. The molecule has 0 bridgehead atoms. The molecule has 24 heavy (non-hydrogen) atoms. The van der Waals surface area contributed by atoms with Crippen molar-refractivity contribution in [2.45, 2.75) is 19.9 Å². The maximum Gasteiger partial charge on any atom is 0.277 e. The molecule has 1 aliphatic rings. The van der Waals surface area contributed by atoms with Crippen LogP contribution in [-0.4, -0.2) is 32.6 Å². The summed E-state index contributed by atoms with van der Waals surface area (Å²) in [7, 11) is 0. The number of hydrogen-bond acceptors (Lipinski definition) is 5. The Bertz CT molecular complexity index is 917. The van der Waals surface area contributed by atoms with E-state index < -0.39 is 5.91 Å². The van der Waals surface area contributed by atoms with E-state index in [1.54, 1.807) is 5.48 Å². The second kappa shape index (κ2) is 5.61. The van der Waals surface area contributed by atoms with Gasteiger partial charge in [0.05, 0.1) is 5.56 Å². The average Bonchev–Trinajstić information content (AvgIpc) is 2.98. The van der Waals surface area contributed by atoms with Crippen LogP contribution in [0.2, 0.25) is 0 Å². The normalized spacial score (nSPS) is 13.8. The molecular weight excluding hydrogens is 306 g/mol. The molecule has 0 unspecified atom stereocenters. The third-order valence-corrected chi connectivity index (χ3v) is 4.42. The van der Waals surface area contributed by atoms with Gasteiger partial charge in [0.1, 0.15) is 0 Å². The highest BCUT2D eigenvalue weighted by Gasteiger charge is 2.22. The van der Waals surface area contributed by atoms with Gasteiger partial charge in [0.15, 0.2) is 0 Å². The molecule has 0 spiro atoms. The van der Waals surface area contributed by atoms with Gasteiger partial charge in [-0.3, -0.25) is 10.0 Å². The number of hydrogen-bond donors (Lipinski definition) is 3. The topological polar surface area (TPSA) is 94.1 Å². The van der Waals surface area contributed by atoms with Crippen molar-refractivity contribution in [1.82, 2.24) is 20.4 Å². The fourth-order valence-electron chi connectivity index (χ4n) is 3.17. The number of aromatic nitrogens is 3. The van der Waals surface area contributed by atoms with Gasteiger partial charge < -0.3 is 9.88 Å². The van der Waals surface area contributed by atoms with Crippen LogP contribution in [-0.2, 0) is 13.0 Å². The van der Waals surface area contributed by atoms with Gasteiger partial charge >= 0.3 is 0 Å². The van der Waals surface area contributed by atoms with Crippen LogP contribution >= 0.6 is 0 Å². The predicted molar refractivity (Wildman–Crippen MR) is 89.1 cm³/mol. The molecule has 3 heterocycles. The number of amides is 1. The molecule has 1 aliphatic heterocycles. The van der Waals surface area contributed by atoms with E-state index in [2.05, 4.69) is 45.0 Å². The summed E-state index contributed by atoms with van der Waals surface area (Å²) in [6, 6.07) is 6.42. The molecule has 0 atom stereocenters. The van der Waals surface area contributed by atoms with Gasteiger partial charge in [-0.15, -0.1) is 0 Å². The lowest BCUT2D eigenvalue weighted by Gasteiger charge is -2.27. The molecular formula is C17H17N5O2. The maximum absolute atomic E-state index is 11.3. The van der Waals surface area contributed by atoms with Crippen molar-refractivity contribution < 1.29 is 10.0 Å². The molecule has 3 N–H and O–H groups in total. The van der Waals surface area contributed by atoms with Crippen molar-refractivity contribution in [2.24, 2.45) is 0 Å². The van der Waals surface area contributed by atoms with Gasteiger partial charge in [-0.05, 0) is 19.1 Å². The molecule has 1 amide bonds. The summed E-state index contributed by atoms with van der Waals surface area (Å²) in [4.78, 5) is 25.5. The first kappa shape index (κ1) is 14.6. The molecule has 0 aliphatic carbocycles. The first-order chi connectivity index (χ1) is 11.7. The van der Waals surface area contributed by atoms with Gasteiger partial charge in [0.2, 0.25) is 5.95 Å². The quantitative estimate of drug-likeness (QED) is 0.495. The first-order valence-corrected chi connectivity index (χ1v) is 7.77. The van der Waals surface area contributed by atoms with Crippen LogP contribution in [0.3, 0.4) is 0 Å². The molecule has 3 aromatic rings. The number of carbonyl (C=O) groups excluding carboxylic acids is 1. The minimum atomic E-state index is -0.616. The van der Waals surface area contributed by atoms with Crippen LogP contribution in [0.15, 0.2) is 30.6 Å². The summed E-state index contributed by atoms with van der Waals surface area (Å²) in [5.74, 6) is -0.0354. The molecule has 7 nitrogen and oxygen atoms in total. The summed E-state index contributed by atoms with van der Waals surface area (Å²) in [6.07, 6.45) is 3.73. The molecule has 0 saturated carbocycles. The third-order valence-electron chi connectivity index (χ3n) is 4.42. The Kier molecular flexibility index (Phi) is 3.42. The largest absolute Gasteiger partial charge is 0.358 e. The Morgan fingerprint density at radius 3 is 2.88 bits per heavy atom. The lowest BCUT2D eigenvalue weighted by Crippen LogP contribution is -2.31. The molecule has 1 aromatic carbocycles. The first-order valence-electron chi connectivity index (χ1n) is 7.77. The maximum atomic E-state index is 11.3. The lowest BCUT2D eigenvalue weighted by atomic mass is 10.0. The highest BCUT2D eigenvalue weighted by atomic mass is 16.5. The second-order valence-corrected chi connectivity index (χ2v) is 6.02. The van der Waals surface area contributed by atoms with Crippen LogP contribution in [0, 0.1) is 6.92 Å². The molecule has 4 rings (SSSR count). The Labute approximate surface area is 138 Å². The minimum absolute atomic E-state index is 0.224. The number of rotatable bonds is 2. The van der Waals surface area contributed by atoms with Crippen molar-refractivity contribution in [3.05, 3.63) is 53.0 Å². The molecule has 0 fully saturated rings. The van der Waals surface area contributed by atoms with E-state index >= 15 is 0 Å². The highest BCUT2D eigenvalue weighted by Crippen LogP contribution is 2.29. The van der Waals surface area contributed by atoms with Crippen molar-refractivity contribution in [1.29, 1.82) is 0 Å². The molecule has 0 saturated heterocycles. The van der Waals surface area contributed by atoms with Gasteiger partial charge in [-0.1, -0.05) is 11.6 Å². The number of fused-ring (bicyclic) bond motifs is 3. The number of aromatic amines is 1. The Morgan fingerprint density at radius 1 is 1.33 bits per heavy atom. The van der Waals surface area contributed by atoms with Crippen LogP contribution in [0.4, 0.5) is 5.95 Å². The molecule has 7 heteroatoms. The molecule has 0 radical (unpaired) electrons. The summed E-state index contributed by atoms with van der Waals surface area (Å²) in [5, 5.41) is 9.89. The number of hydroxylamine groups is 1. The van der Waals surface area contributed by atoms with Gasteiger partial charge in [-0.25, -0.2) is 15.4 Å². The Balaban J connectivity index is 1.65. The number of aryl methyl sites for hydroxylation is 1. The van der Waals surface area contributed by atoms with Crippen LogP contribution in [0.25, 0.3) is 10.9 Å². The van der Waals surface area contributed by atoms with E-state index in [1.807, 2.05) is 0 Å². The lowest BCUT2D eigenvalue weighted by molar-refractivity contribution is 0.0705. The van der Waals surface area contributed by atoms with Gasteiger partial charge in [0, 0.05) is 54.1 Å². The summed E-state index contributed by atoms with van der Waals surface area (Å²) in [6.45, 7) is 3.63. The predicted octanol–water partition coefficient (Wildman–Crippen LogP) is 1.95. The fourth-order valence-corrected chi connectivity index (χ4v) is 3.17.